The van der Waals surface area contributed by atoms with Crippen molar-refractivity contribution < 1.29 is 14.7 Å². The fourth-order valence-corrected chi connectivity index (χ4v) is 1.43. The van der Waals surface area contributed by atoms with Crippen LogP contribution in [0.4, 0.5) is 0 Å². The van der Waals surface area contributed by atoms with Crippen LogP contribution in [-0.2, 0) is 9.59 Å². The molecule has 4 nitrogen and oxygen atoms in total. The van der Waals surface area contributed by atoms with E-state index in [9.17, 15) is 9.59 Å². The minimum absolute atomic E-state index is 0.0447. The number of rotatable bonds is 8. The Morgan fingerprint density at radius 3 is 2.38 bits per heavy atom. The first-order valence-corrected chi connectivity index (χ1v) is 6.00. The van der Waals surface area contributed by atoms with Gasteiger partial charge in [-0.05, 0) is 12.3 Å². The zero-order chi connectivity index (χ0) is 12.6. The first kappa shape index (κ1) is 14.9. The maximum atomic E-state index is 11.4. The molecule has 0 saturated heterocycles. The highest BCUT2D eigenvalue weighted by molar-refractivity contribution is 5.77. The van der Waals surface area contributed by atoms with E-state index in [4.69, 9.17) is 5.11 Å². The average molecular weight is 229 g/mol. The number of carboxylic acids is 1. The number of hydrogen-bond donors (Lipinski definition) is 2. The van der Waals surface area contributed by atoms with Crippen LogP contribution in [0, 0.1) is 11.8 Å². The second kappa shape index (κ2) is 8.13. The predicted molar refractivity (Wildman–Crippen MR) is 63.1 cm³/mol. The van der Waals surface area contributed by atoms with Crippen molar-refractivity contribution in [3.05, 3.63) is 0 Å². The van der Waals surface area contributed by atoms with Crippen LogP contribution >= 0.6 is 0 Å². The van der Waals surface area contributed by atoms with Crippen molar-refractivity contribution in [2.24, 2.45) is 11.8 Å². The van der Waals surface area contributed by atoms with Crippen LogP contribution in [0.25, 0.3) is 0 Å². The molecule has 0 aliphatic carbocycles. The van der Waals surface area contributed by atoms with Gasteiger partial charge in [0.25, 0.3) is 0 Å². The molecule has 4 heteroatoms. The number of carboxylic acid groups (broad SMARTS) is 1. The Hall–Kier alpha value is -1.06. The van der Waals surface area contributed by atoms with Crippen LogP contribution in [0.2, 0.25) is 0 Å². The van der Waals surface area contributed by atoms with Gasteiger partial charge in [-0.1, -0.05) is 33.6 Å². The lowest BCUT2D eigenvalue weighted by Crippen LogP contribution is -2.33. The zero-order valence-electron chi connectivity index (χ0n) is 10.5. The molecule has 94 valence electrons. The molecule has 0 aliphatic heterocycles. The Labute approximate surface area is 97.4 Å². The average Bonchev–Trinajstić information content (AvgIpc) is 2.23. The summed E-state index contributed by atoms with van der Waals surface area (Å²) in [6.07, 6.45) is 2.87. The Kier molecular flexibility index (Phi) is 7.60. The molecule has 2 atom stereocenters. The summed E-state index contributed by atoms with van der Waals surface area (Å²) >= 11 is 0. The fraction of sp³-hybridized carbons (Fsp3) is 0.833. The number of carbonyl (C=O) groups excluding carboxylic acids is 1. The van der Waals surface area contributed by atoms with E-state index < -0.39 is 11.9 Å². The van der Waals surface area contributed by atoms with Crippen molar-refractivity contribution in [2.75, 3.05) is 6.54 Å². The van der Waals surface area contributed by atoms with Gasteiger partial charge in [-0.3, -0.25) is 9.59 Å². The third-order valence-electron chi connectivity index (χ3n) is 2.76. The van der Waals surface area contributed by atoms with E-state index >= 15 is 0 Å². The molecule has 2 unspecified atom stereocenters. The largest absolute Gasteiger partial charge is 0.481 e. The van der Waals surface area contributed by atoms with E-state index in [1.165, 1.54) is 0 Å². The van der Waals surface area contributed by atoms with Gasteiger partial charge in [0.2, 0.25) is 5.91 Å². The third-order valence-corrected chi connectivity index (χ3v) is 2.76. The van der Waals surface area contributed by atoms with Crippen LogP contribution in [0.15, 0.2) is 0 Å². The SMILES string of the molecule is CCCC(CNC(=O)CC(C)CC)C(=O)O. The van der Waals surface area contributed by atoms with Crippen LogP contribution in [0.3, 0.4) is 0 Å². The standard InChI is InChI=1S/C12H23NO3/c1-4-6-10(12(15)16)8-13-11(14)7-9(3)5-2/h9-10H,4-8H2,1-3H3,(H,13,14)(H,15,16). The highest BCUT2D eigenvalue weighted by atomic mass is 16.4. The smallest absolute Gasteiger partial charge is 0.308 e. The topological polar surface area (TPSA) is 66.4 Å². The second-order valence-corrected chi connectivity index (χ2v) is 4.35. The number of carbonyl (C=O) groups is 2. The predicted octanol–water partition coefficient (Wildman–Crippen LogP) is 2.04. The first-order valence-electron chi connectivity index (χ1n) is 6.00. The molecule has 16 heavy (non-hydrogen) atoms. The van der Waals surface area contributed by atoms with Crippen LogP contribution < -0.4 is 5.32 Å². The summed E-state index contributed by atoms with van der Waals surface area (Å²) in [6.45, 7) is 6.24. The summed E-state index contributed by atoms with van der Waals surface area (Å²) in [5.41, 5.74) is 0. The number of hydrogen-bond acceptors (Lipinski definition) is 2. The first-order chi connectivity index (χ1) is 7.51. The van der Waals surface area contributed by atoms with Crippen molar-refractivity contribution >= 4 is 11.9 Å². The summed E-state index contributed by atoms with van der Waals surface area (Å²) in [5, 5.41) is 11.6. The van der Waals surface area contributed by atoms with Gasteiger partial charge >= 0.3 is 5.97 Å². The molecule has 0 saturated carbocycles. The van der Waals surface area contributed by atoms with Gasteiger partial charge in [0.15, 0.2) is 0 Å². The third kappa shape index (κ3) is 6.43. The highest BCUT2D eigenvalue weighted by Gasteiger charge is 2.17. The molecule has 0 aromatic heterocycles. The number of amides is 1. The second-order valence-electron chi connectivity index (χ2n) is 4.35. The molecule has 1 amide bonds. The summed E-state index contributed by atoms with van der Waals surface area (Å²) < 4.78 is 0. The van der Waals surface area contributed by atoms with Gasteiger partial charge in [-0.2, -0.15) is 0 Å². The molecule has 0 bridgehead atoms. The Bertz CT molecular complexity index is 228. The summed E-state index contributed by atoms with van der Waals surface area (Å²) in [6, 6.07) is 0. The van der Waals surface area contributed by atoms with Gasteiger partial charge in [0.1, 0.15) is 0 Å². The maximum absolute atomic E-state index is 11.4. The molecule has 2 N–H and O–H groups in total. The molecule has 0 spiro atoms. The summed E-state index contributed by atoms with van der Waals surface area (Å²) in [7, 11) is 0. The maximum Gasteiger partial charge on any atom is 0.308 e. The van der Waals surface area contributed by atoms with Crippen LogP contribution in [0.1, 0.15) is 46.5 Å². The van der Waals surface area contributed by atoms with Crippen molar-refractivity contribution in [3.8, 4) is 0 Å². The quantitative estimate of drug-likeness (QED) is 0.669. The monoisotopic (exact) mass is 229 g/mol. The minimum Gasteiger partial charge on any atom is -0.481 e. The van der Waals surface area contributed by atoms with E-state index in [1.807, 2.05) is 20.8 Å². The fourth-order valence-electron chi connectivity index (χ4n) is 1.43. The van der Waals surface area contributed by atoms with Crippen molar-refractivity contribution in [3.63, 3.8) is 0 Å². The Morgan fingerprint density at radius 1 is 1.31 bits per heavy atom. The molecule has 0 fully saturated rings. The Balaban J connectivity index is 3.91. The number of nitrogens with one attached hydrogen (secondary N) is 1. The molecule has 0 radical (unpaired) electrons. The van der Waals surface area contributed by atoms with E-state index in [0.29, 0.717) is 18.8 Å². The molecule has 0 aromatic carbocycles. The van der Waals surface area contributed by atoms with Gasteiger partial charge in [0.05, 0.1) is 5.92 Å². The minimum atomic E-state index is -0.828. The van der Waals surface area contributed by atoms with Crippen LogP contribution in [0.5, 0.6) is 0 Å². The zero-order valence-corrected chi connectivity index (χ0v) is 10.5. The van der Waals surface area contributed by atoms with Gasteiger partial charge in [0, 0.05) is 13.0 Å². The molecule has 0 heterocycles. The highest BCUT2D eigenvalue weighted by Crippen LogP contribution is 2.08. The van der Waals surface area contributed by atoms with E-state index in [2.05, 4.69) is 5.32 Å². The van der Waals surface area contributed by atoms with Crippen molar-refractivity contribution in [1.29, 1.82) is 0 Å². The molecule has 0 aliphatic rings. The summed E-state index contributed by atoms with van der Waals surface area (Å²) in [4.78, 5) is 22.3. The van der Waals surface area contributed by atoms with E-state index in [-0.39, 0.29) is 12.5 Å². The molecule has 0 rings (SSSR count). The number of aliphatic carboxylic acids is 1. The lowest BCUT2D eigenvalue weighted by molar-refractivity contribution is -0.141. The van der Waals surface area contributed by atoms with E-state index in [0.717, 1.165) is 12.8 Å². The van der Waals surface area contributed by atoms with Crippen molar-refractivity contribution in [2.45, 2.75) is 46.5 Å². The summed E-state index contributed by atoms with van der Waals surface area (Å²) in [5.74, 6) is -0.970. The molecular formula is C12H23NO3. The molecular weight excluding hydrogens is 206 g/mol. The lowest BCUT2D eigenvalue weighted by Gasteiger charge is -2.13. The van der Waals surface area contributed by atoms with Gasteiger partial charge in [-0.25, -0.2) is 0 Å². The van der Waals surface area contributed by atoms with Gasteiger partial charge < -0.3 is 10.4 Å². The Morgan fingerprint density at radius 2 is 1.94 bits per heavy atom. The van der Waals surface area contributed by atoms with Crippen molar-refractivity contribution in [1.82, 2.24) is 5.32 Å². The lowest BCUT2D eigenvalue weighted by atomic mass is 10.0. The normalized spacial score (nSPS) is 14.2. The van der Waals surface area contributed by atoms with Crippen LogP contribution in [-0.4, -0.2) is 23.5 Å². The van der Waals surface area contributed by atoms with E-state index in [1.54, 1.807) is 0 Å². The molecule has 0 aromatic rings. The van der Waals surface area contributed by atoms with Gasteiger partial charge in [-0.15, -0.1) is 0 Å².